The van der Waals surface area contributed by atoms with Crippen molar-refractivity contribution in [1.29, 1.82) is 0 Å². The van der Waals surface area contributed by atoms with Crippen molar-refractivity contribution in [3.8, 4) is 0 Å². The standard InChI is InChI=1S/C17H25NO3/c1-3-5-9-16(12-17(19)20-4-2)13-18-21-14-15-10-7-6-8-11-15/h6-8,10-11,13,16H,3-5,9,12,14H2,1-2H3/b18-13+. The predicted octanol–water partition coefficient (Wildman–Crippen LogP) is 3.95. The summed E-state index contributed by atoms with van der Waals surface area (Å²) in [5.74, 6) is -0.0899. The molecule has 0 heterocycles. The summed E-state index contributed by atoms with van der Waals surface area (Å²) in [7, 11) is 0. The predicted molar refractivity (Wildman–Crippen MR) is 84.0 cm³/mol. The highest BCUT2D eigenvalue weighted by atomic mass is 16.6. The lowest BCUT2D eigenvalue weighted by Gasteiger charge is -2.10. The Bertz CT molecular complexity index is 417. The van der Waals surface area contributed by atoms with E-state index in [0.717, 1.165) is 24.8 Å². The Morgan fingerprint density at radius 1 is 1.29 bits per heavy atom. The molecule has 4 heteroatoms. The summed E-state index contributed by atoms with van der Waals surface area (Å²) in [6.07, 6.45) is 5.18. The first-order chi connectivity index (χ1) is 10.3. The fourth-order valence-electron chi connectivity index (χ4n) is 1.94. The molecule has 0 aromatic heterocycles. The second kappa shape index (κ2) is 10.9. The van der Waals surface area contributed by atoms with Gasteiger partial charge in [0.1, 0.15) is 6.61 Å². The SMILES string of the molecule is CCCCC(/C=N/OCc1ccccc1)CC(=O)OCC. The average Bonchev–Trinajstić information content (AvgIpc) is 2.50. The molecule has 0 fully saturated rings. The normalized spacial score (nSPS) is 12.3. The van der Waals surface area contributed by atoms with Crippen molar-refractivity contribution in [3.63, 3.8) is 0 Å². The molecular weight excluding hydrogens is 266 g/mol. The second-order valence-electron chi connectivity index (χ2n) is 4.92. The van der Waals surface area contributed by atoms with Gasteiger partial charge in [0.15, 0.2) is 0 Å². The van der Waals surface area contributed by atoms with Gasteiger partial charge in [0, 0.05) is 12.1 Å². The molecule has 21 heavy (non-hydrogen) atoms. The van der Waals surface area contributed by atoms with Gasteiger partial charge in [-0.2, -0.15) is 0 Å². The first-order valence-corrected chi connectivity index (χ1v) is 7.61. The van der Waals surface area contributed by atoms with Crippen molar-refractivity contribution in [2.24, 2.45) is 11.1 Å². The van der Waals surface area contributed by atoms with Gasteiger partial charge in [-0.25, -0.2) is 0 Å². The number of carbonyl (C=O) groups excluding carboxylic acids is 1. The smallest absolute Gasteiger partial charge is 0.306 e. The van der Waals surface area contributed by atoms with Crippen LogP contribution in [-0.4, -0.2) is 18.8 Å². The van der Waals surface area contributed by atoms with E-state index in [0.29, 0.717) is 19.6 Å². The molecule has 0 aliphatic carbocycles. The second-order valence-corrected chi connectivity index (χ2v) is 4.92. The van der Waals surface area contributed by atoms with E-state index in [4.69, 9.17) is 9.57 Å². The molecule has 4 nitrogen and oxygen atoms in total. The summed E-state index contributed by atoms with van der Waals surface area (Å²) < 4.78 is 4.99. The van der Waals surface area contributed by atoms with Gasteiger partial charge in [-0.1, -0.05) is 55.3 Å². The van der Waals surface area contributed by atoms with Crippen LogP contribution < -0.4 is 0 Å². The van der Waals surface area contributed by atoms with E-state index in [1.807, 2.05) is 37.3 Å². The Morgan fingerprint density at radius 2 is 2.05 bits per heavy atom. The first-order valence-electron chi connectivity index (χ1n) is 7.61. The third-order valence-corrected chi connectivity index (χ3v) is 3.08. The number of nitrogens with zero attached hydrogens (tertiary/aromatic N) is 1. The number of carbonyl (C=O) groups is 1. The number of unbranched alkanes of at least 4 members (excludes halogenated alkanes) is 1. The van der Waals surface area contributed by atoms with Gasteiger partial charge in [-0.15, -0.1) is 0 Å². The molecule has 0 aliphatic rings. The Hall–Kier alpha value is -1.84. The van der Waals surface area contributed by atoms with Crippen LogP contribution in [0.25, 0.3) is 0 Å². The highest BCUT2D eigenvalue weighted by Crippen LogP contribution is 2.12. The van der Waals surface area contributed by atoms with E-state index in [1.165, 1.54) is 0 Å². The molecule has 1 aromatic rings. The number of hydrogen-bond acceptors (Lipinski definition) is 4. The van der Waals surface area contributed by atoms with Gasteiger partial charge in [0.25, 0.3) is 0 Å². The summed E-state index contributed by atoms with van der Waals surface area (Å²) in [4.78, 5) is 16.8. The molecule has 116 valence electrons. The highest BCUT2D eigenvalue weighted by Gasteiger charge is 2.12. The molecule has 0 bridgehead atoms. The van der Waals surface area contributed by atoms with Gasteiger partial charge in [0.05, 0.1) is 13.0 Å². The fraction of sp³-hybridized carbons (Fsp3) is 0.529. The number of hydrogen-bond donors (Lipinski definition) is 0. The van der Waals surface area contributed by atoms with Crippen molar-refractivity contribution in [2.75, 3.05) is 6.61 Å². The molecule has 0 saturated carbocycles. The minimum atomic E-state index is -0.173. The Kier molecular flexibility index (Phi) is 8.93. The van der Waals surface area contributed by atoms with E-state index in [1.54, 1.807) is 6.21 Å². The zero-order valence-electron chi connectivity index (χ0n) is 13.0. The molecule has 0 spiro atoms. The minimum Gasteiger partial charge on any atom is -0.466 e. The van der Waals surface area contributed by atoms with Crippen LogP contribution in [-0.2, 0) is 21.0 Å². The molecule has 1 atom stereocenters. The van der Waals surface area contributed by atoms with Crippen LogP contribution in [0.2, 0.25) is 0 Å². The maximum Gasteiger partial charge on any atom is 0.306 e. The monoisotopic (exact) mass is 291 g/mol. The van der Waals surface area contributed by atoms with E-state index in [9.17, 15) is 4.79 Å². The van der Waals surface area contributed by atoms with E-state index < -0.39 is 0 Å². The Labute approximate surface area is 127 Å². The zero-order valence-corrected chi connectivity index (χ0v) is 13.0. The third-order valence-electron chi connectivity index (χ3n) is 3.08. The highest BCUT2D eigenvalue weighted by molar-refractivity contribution is 5.74. The van der Waals surface area contributed by atoms with Crippen LogP contribution in [0.5, 0.6) is 0 Å². The number of esters is 1. The largest absolute Gasteiger partial charge is 0.466 e. The van der Waals surface area contributed by atoms with E-state index >= 15 is 0 Å². The van der Waals surface area contributed by atoms with Crippen molar-refractivity contribution in [1.82, 2.24) is 0 Å². The zero-order chi connectivity index (χ0) is 15.3. The summed E-state index contributed by atoms with van der Waals surface area (Å²) in [6, 6.07) is 9.87. The number of oxime groups is 1. The Balaban J connectivity index is 2.39. The summed E-state index contributed by atoms with van der Waals surface area (Å²) in [5.41, 5.74) is 1.07. The molecule has 1 unspecified atom stereocenters. The molecule has 0 aliphatic heterocycles. The van der Waals surface area contributed by atoms with Crippen LogP contribution in [0.15, 0.2) is 35.5 Å². The van der Waals surface area contributed by atoms with Gasteiger partial charge < -0.3 is 9.57 Å². The molecule has 0 amide bonds. The van der Waals surface area contributed by atoms with Crippen LogP contribution in [0.4, 0.5) is 0 Å². The lowest BCUT2D eigenvalue weighted by atomic mass is 10.00. The maximum absolute atomic E-state index is 11.5. The summed E-state index contributed by atoms with van der Waals surface area (Å²) in [5, 5.41) is 4.00. The summed E-state index contributed by atoms with van der Waals surface area (Å²) >= 11 is 0. The first kappa shape index (κ1) is 17.2. The molecule has 1 rings (SSSR count). The van der Waals surface area contributed by atoms with E-state index in [-0.39, 0.29) is 11.9 Å². The maximum atomic E-state index is 11.5. The topological polar surface area (TPSA) is 47.9 Å². The van der Waals surface area contributed by atoms with Crippen LogP contribution in [0, 0.1) is 5.92 Å². The number of ether oxygens (including phenoxy) is 1. The van der Waals surface area contributed by atoms with Crippen molar-refractivity contribution in [2.45, 2.75) is 46.1 Å². The van der Waals surface area contributed by atoms with Crippen LogP contribution in [0.1, 0.15) is 45.1 Å². The lowest BCUT2D eigenvalue weighted by Crippen LogP contribution is -2.13. The average molecular weight is 291 g/mol. The van der Waals surface area contributed by atoms with Gasteiger partial charge >= 0.3 is 5.97 Å². The summed E-state index contributed by atoms with van der Waals surface area (Å²) in [6.45, 7) is 4.80. The number of benzene rings is 1. The molecule has 1 aromatic carbocycles. The van der Waals surface area contributed by atoms with Crippen molar-refractivity contribution in [3.05, 3.63) is 35.9 Å². The van der Waals surface area contributed by atoms with E-state index in [2.05, 4.69) is 12.1 Å². The van der Waals surface area contributed by atoms with Crippen molar-refractivity contribution >= 4 is 12.2 Å². The fourth-order valence-corrected chi connectivity index (χ4v) is 1.94. The van der Waals surface area contributed by atoms with Crippen LogP contribution in [0.3, 0.4) is 0 Å². The lowest BCUT2D eigenvalue weighted by molar-refractivity contribution is -0.143. The third kappa shape index (κ3) is 8.12. The number of rotatable bonds is 10. The van der Waals surface area contributed by atoms with Crippen molar-refractivity contribution < 1.29 is 14.4 Å². The van der Waals surface area contributed by atoms with Gasteiger partial charge in [-0.05, 0) is 18.9 Å². The molecular formula is C17H25NO3. The quantitative estimate of drug-likeness (QED) is 0.372. The minimum absolute atomic E-state index is 0.0831. The molecule has 0 N–H and O–H groups in total. The van der Waals surface area contributed by atoms with Crippen LogP contribution >= 0.6 is 0 Å². The van der Waals surface area contributed by atoms with Gasteiger partial charge in [-0.3, -0.25) is 4.79 Å². The Morgan fingerprint density at radius 3 is 2.71 bits per heavy atom. The molecule has 0 radical (unpaired) electrons. The van der Waals surface area contributed by atoms with Gasteiger partial charge in [0.2, 0.25) is 0 Å². The molecule has 0 saturated heterocycles.